The van der Waals surface area contributed by atoms with Crippen LogP contribution in [0.5, 0.6) is 0 Å². The average molecular weight is 295 g/mol. The summed E-state index contributed by atoms with van der Waals surface area (Å²) in [7, 11) is 0. The van der Waals surface area contributed by atoms with Crippen molar-refractivity contribution in [3.05, 3.63) is 11.8 Å². The van der Waals surface area contributed by atoms with E-state index in [0.717, 1.165) is 13.0 Å². The van der Waals surface area contributed by atoms with Crippen LogP contribution in [0.15, 0.2) is 10.6 Å². The fraction of sp³-hybridized carbons (Fsp3) is 0.643. The Bertz CT molecular complexity index is 528. The largest absolute Gasteiger partial charge is 0.480 e. The van der Waals surface area contributed by atoms with E-state index in [4.69, 9.17) is 4.52 Å². The molecule has 7 heteroatoms. The van der Waals surface area contributed by atoms with Gasteiger partial charge in [-0.25, -0.2) is 0 Å². The number of hydrogen-bond acceptors (Lipinski definition) is 5. The lowest BCUT2D eigenvalue weighted by atomic mass is 9.93. The smallest absolute Gasteiger partial charge is 0.324 e. The molecule has 2 rings (SSSR count). The second-order valence-corrected chi connectivity index (χ2v) is 5.40. The van der Waals surface area contributed by atoms with Gasteiger partial charge in [0.2, 0.25) is 5.91 Å². The van der Waals surface area contributed by atoms with Crippen LogP contribution in [-0.2, 0) is 9.59 Å². The molecule has 0 bridgehead atoms. The molecule has 0 spiro atoms. The average Bonchev–Trinajstić information content (AvgIpc) is 3.03. The monoisotopic (exact) mass is 295 g/mol. The number of carbonyl (C=O) groups excluding carboxylic acids is 1. The Hall–Kier alpha value is -1.89. The molecule has 1 aliphatic rings. The highest BCUT2D eigenvalue weighted by Crippen LogP contribution is 2.32. The molecule has 7 nitrogen and oxygen atoms in total. The number of nitrogens with zero attached hydrogens (tertiary/aromatic N) is 2. The molecule has 1 saturated heterocycles. The Morgan fingerprint density at radius 2 is 2.33 bits per heavy atom. The predicted octanol–water partition coefficient (Wildman–Crippen LogP) is 1.64. The van der Waals surface area contributed by atoms with Gasteiger partial charge in [0, 0.05) is 19.0 Å². The molecule has 0 aromatic carbocycles. The fourth-order valence-electron chi connectivity index (χ4n) is 2.92. The number of amides is 1. The predicted molar refractivity (Wildman–Crippen MR) is 76.0 cm³/mol. The van der Waals surface area contributed by atoms with Crippen molar-refractivity contribution < 1.29 is 19.2 Å². The number of hydrogen-bond donors (Lipinski definition) is 2. The van der Waals surface area contributed by atoms with E-state index in [1.165, 1.54) is 0 Å². The van der Waals surface area contributed by atoms with Gasteiger partial charge in [-0.15, -0.1) is 0 Å². The van der Waals surface area contributed by atoms with E-state index in [-0.39, 0.29) is 12.3 Å². The van der Waals surface area contributed by atoms with Crippen molar-refractivity contribution in [1.82, 2.24) is 10.1 Å². The van der Waals surface area contributed by atoms with Gasteiger partial charge < -0.3 is 14.9 Å². The summed E-state index contributed by atoms with van der Waals surface area (Å²) in [6.07, 6.45) is 2.28. The third-order valence-corrected chi connectivity index (χ3v) is 4.11. The lowest BCUT2D eigenvalue weighted by Gasteiger charge is -2.33. The number of anilines is 1. The maximum absolute atomic E-state index is 11.9. The summed E-state index contributed by atoms with van der Waals surface area (Å²) in [5, 5.41) is 15.8. The van der Waals surface area contributed by atoms with E-state index >= 15 is 0 Å². The van der Waals surface area contributed by atoms with E-state index in [2.05, 4.69) is 10.5 Å². The lowest BCUT2D eigenvalue weighted by Crippen LogP contribution is -2.50. The highest BCUT2D eigenvalue weighted by atomic mass is 16.5. The molecule has 1 amide bonds. The summed E-state index contributed by atoms with van der Waals surface area (Å²) in [5.74, 6) is 0.0280. The minimum atomic E-state index is -0.815. The summed E-state index contributed by atoms with van der Waals surface area (Å²) in [6.45, 7) is 4.78. The fourth-order valence-corrected chi connectivity index (χ4v) is 2.92. The molecule has 0 radical (unpaired) electrons. The van der Waals surface area contributed by atoms with Gasteiger partial charge >= 0.3 is 5.97 Å². The van der Waals surface area contributed by atoms with E-state index in [1.807, 2.05) is 11.8 Å². The van der Waals surface area contributed by atoms with Crippen molar-refractivity contribution >= 4 is 17.7 Å². The van der Waals surface area contributed by atoms with E-state index in [0.29, 0.717) is 31.0 Å². The van der Waals surface area contributed by atoms with Crippen LogP contribution in [0.2, 0.25) is 0 Å². The van der Waals surface area contributed by atoms with Crippen molar-refractivity contribution in [3.63, 3.8) is 0 Å². The third kappa shape index (κ3) is 3.24. The van der Waals surface area contributed by atoms with Crippen molar-refractivity contribution in [1.29, 1.82) is 0 Å². The number of aliphatic carboxylic acids is 1. The van der Waals surface area contributed by atoms with Gasteiger partial charge in [0.05, 0.1) is 0 Å². The topological polar surface area (TPSA) is 95.7 Å². The Balaban J connectivity index is 1.90. The number of aryl methyl sites for hydroxylation is 1. The molecule has 116 valence electrons. The molecule has 0 aliphatic carbocycles. The Morgan fingerprint density at radius 3 is 2.90 bits per heavy atom. The lowest BCUT2D eigenvalue weighted by molar-refractivity contribution is -0.150. The highest BCUT2D eigenvalue weighted by Gasteiger charge is 2.45. The molecule has 1 aromatic rings. The molecular formula is C14H21N3O4. The number of likely N-dealkylation sites (tertiary alicyclic amines) is 1. The maximum atomic E-state index is 11.9. The Morgan fingerprint density at radius 1 is 1.57 bits per heavy atom. The molecule has 0 saturated carbocycles. The summed E-state index contributed by atoms with van der Waals surface area (Å²) in [4.78, 5) is 25.3. The molecule has 2 N–H and O–H groups in total. The highest BCUT2D eigenvalue weighted by molar-refractivity contribution is 5.89. The minimum absolute atomic E-state index is 0.189. The van der Waals surface area contributed by atoms with Crippen molar-refractivity contribution in [2.24, 2.45) is 0 Å². The summed E-state index contributed by atoms with van der Waals surface area (Å²) in [5.41, 5.74) is -0.815. The number of carboxylic acid groups (broad SMARTS) is 1. The number of carboxylic acids is 1. The van der Waals surface area contributed by atoms with Crippen LogP contribution in [0, 0.1) is 6.92 Å². The van der Waals surface area contributed by atoms with Gasteiger partial charge in [0.1, 0.15) is 11.3 Å². The zero-order valence-corrected chi connectivity index (χ0v) is 12.4. The normalized spacial score (nSPS) is 22.4. The van der Waals surface area contributed by atoms with Gasteiger partial charge in [-0.05, 0) is 32.7 Å². The van der Waals surface area contributed by atoms with Crippen LogP contribution >= 0.6 is 0 Å². The standard InChI is InChI=1S/C14H21N3O4/c1-3-14(13(19)20)6-4-7-17(14)8-5-12(18)15-11-9-10(2)21-16-11/h9H,3-8H2,1-2H3,(H,19,20)(H,15,16,18). The van der Waals surface area contributed by atoms with Crippen LogP contribution in [0.4, 0.5) is 5.82 Å². The summed E-state index contributed by atoms with van der Waals surface area (Å²) in [6, 6.07) is 1.64. The van der Waals surface area contributed by atoms with Gasteiger partial charge in [-0.1, -0.05) is 12.1 Å². The minimum Gasteiger partial charge on any atom is -0.480 e. The molecular weight excluding hydrogens is 274 g/mol. The molecule has 1 aromatic heterocycles. The second kappa shape index (κ2) is 6.26. The first-order valence-corrected chi connectivity index (χ1v) is 7.19. The number of aromatic nitrogens is 1. The zero-order chi connectivity index (χ0) is 15.5. The van der Waals surface area contributed by atoms with Crippen LogP contribution in [0.25, 0.3) is 0 Å². The zero-order valence-electron chi connectivity index (χ0n) is 12.4. The first kappa shape index (κ1) is 15.5. The SMILES string of the molecule is CCC1(C(=O)O)CCCN1CCC(=O)Nc1cc(C)on1. The van der Waals surface area contributed by atoms with Crippen LogP contribution in [-0.4, -0.2) is 45.7 Å². The molecule has 1 aliphatic heterocycles. The van der Waals surface area contributed by atoms with Gasteiger partial charge in [0.25, 0.3) is 0 Å². The number of carbonyl (C=O) groups is 2. The van der Waals surface area contributed by atoms with E-state index in [9.17, 15) is 14.7 Å². The van der Waals surface area contributed by atoms with E-state index < -0.39 is 11.5 Å². The van der Waals surface area contributed by atoms with Crippen molar-refractivity contribution in [3.8, 4) is 0 Å². The second-order valence-electron chi connectivity index (χ2n) is 5.40. The van der Waals surface area contributed by atoms with Gasteiger partial charge in [0.15, 0.2) is 5.82 Å². The van der Waals surface area contributed by atoms with Crippen LogP contribution in [0.1, 0.15) is 38.4 Å². The van der Waals surface area contributed by atoms with E-state index in [1.54, 1.807) is 13.0 Å². The maximum Gasteiger partial charge on any atom is 0.324 e. The summed E-state index contributed by atoms with van der Waals surface area (Å²) >= 11 is 0. The summed E-state index contributed by atoms with van der Waals surface area (Å²) < 4.78 is 4.87. The molecule has 1 unspecified atom stereocenters. The quantitative estimate of drug-likeness (QED) is 0.828. The Labute approximate surface area is 123 Å². The van der Waals surface area contributed by atoms with Crippen LogP contribution in [0.3, 0.4) is 0 Å². The molecule has 1 fully saturated rings. The van der Waals surface area contributed by atoms with Gasteiger partial charge in [-0.2, -0.15) is 0 Å². The molecule has 2 heterocycles. The number of nitrogens with one attached hydrogen (secondary N) is 1. The number of rotatable bonds is 6. The molecule has 1 atom stereocenters. The first-order valence-electron chi connectivity index (χ1n) is 7.19. The van der Waals surface area contributed by atoms with Crippen LogP contribution < -0.4 is 5.32 Å². The first-order chi connectivity index (χ1) is 9.98. The van der Waals surface area contributed by atoms with Gasteiger partial charge in [-0.3, -0.25) is 14.5 Å². The Kier molecular flexibility index (Phi) is 4.62. The third-order valence-electron chi connectivity index (χ3n) is 4.11. The molecule has 21 heavy (non-hydrogen) atoms. The van der Waals surface area contributed by atoms with Crippen molar-refractivity contribution in [2.75, 3.05) is 18.4 Å². The van der Waals surface area contributed by atoms with Crippen molar-refractivity contribution in [2.45, 2.75) is 45.1 Å².